The molecule has 0 fully saturated rings. The number of nitrogens with one attached hydrogen (secondary N) is 1. The van der Waals surface area contributed by atoms with Gasteiger partial charge in [0.1, 0.15) is 0 Å². The van der Waals surface area contributed by atoms with Crippen molar-refractivity contribution in [2.24, 2.45) is 0 Å². The molecule has 0 unspecified atom stereocenters. The number of rotatable bonds is 2. The number of fused-ring (bicyclic) bond motifs is 1. The Bertz CT molecular complexity index is 626. The predicted octanol–water partition coefficient (Wildman–Crippen LogP) is 0.0779. The number of aromatic nitrogens is 1. The second-order valence-corrected chi connectivity index (χ2v) is 4.92. The zero-order chi connectivity index (χ0) is 12.7. The molecule has 1 N–H and O–H groups in total. The fourth-order valence-electron chi connectivity index (χ4n) is 1.54. The second kappa shape index (κ2) is 6.65. The SMILES string of the molecule is O=C([O-])Cc1[nH]c2cc(Cl)c(Cl)c(Cl)c2c1Cl.[K+]. The minimum Gasteiger partial charge on any atom is -0.550 e. The van der Waals surface area contributed by atoms with E-state index in [2.05, 4.69) is 4.98 Å². The van der Waals surface area contributed by atoms with Crippen molar-refractivity contribution in [3.8, 4) is 0 Å². The molecule has 1 aromatic carbocycles. The number of carbonyl (C=O) groups excluding carboxylic acids is 1. The number of benzene rings is 1. The van der Waals surface area contributed by atoms with E-state index >= 15 is 0 Å². The van der Waals surface area contributed by atoms with Crippen LogP contribution in [0.25, 0.3) is 10.9 Å². The van der Waals surface area contributed by atoms with Crippen LogP contribution in [-0.4, -0.2) is 11.0 Å². The Labute approximate surface area is 165 Å². The smallest absolute Gasteiger partial charge is 0.550 e. The van der Waals surface area contributed by atoms with E-state index in [0.29, 0.717) is 16.6 Å². The summed E-state index contributed by atoms with van der Waals surface area (Å²) in [6.07, 6.45) is -0.334. The molecule has 0 saturated carbocycles. The molecule has 0 saturated heterocycles. The van der Waals surface area contributed by atoms with Crippen LogP contribution in [0, 0.1) is 0 Å². The summed E-state index contributed by atoms with van der Waals surface area (Å²) >= 11 is 23.8. The van der Waals surface area contributed by atoms with Crippen molar-refractivity contribution in [1.29, 1.82) is 0 Å². The van der Waals surface area contributed by atoms with Gasteiger partial charge in [-0.2, -0.15) is 0 Å². The van der Waals surface area contributed by atoms with E-state index in [1.165, 1.54) is 6.07 Å². The topological polar surface area (TPSA) is 55.9 Å². The first-order valence-electron chi connectivity index (χ1n) is 4.45. The average Bonchev–Trinajstić information content (AvgIpc) is 2.52. The number of carboxylic acids is 1. The molecule has 0 atom stereocenters. The van der Waals surface area contributed by atoms with Gasteiger partial charge in [0.2, 0.25) is 0 Å². The normalized spacial score (nSPS) is 10.4. The summed E-state index contributed by atoms with van der Waals surface area (Å²) in [5, 5.41) is 11.9. The third-order valence-electron chi connectivity index (χ3n) is 2.25. The van der Waals surface area contributed by atoms with Crippen molar-refractivity contribution in [3.05, 3.63) is 31.9 Å². The van der Waals surface area contributed by atoms with Gasteiger partial charge in [0.25, 0.3) is 0 Å². The van der Waals surface area contributed by atoms with E-state index in [9.17, 15) is 9.90 Å². The third kappa shape index (κ3) is 3.19. The van der Waals surface area contributed by atoms with Gasteiger partial charge in [-0.15, -0.1) is 0 Å². The van der Waals surface area contributed by atoms with Crippen LogP contribution in [0.4, 0.5) is 0 Å². The molecule has 18 heavy (non-hydrogen) atoms. The number of hydrogen-bond donors (Lipinski definition) is 1. The standard InChI is InChI=1S/C10H5Cl4NO2.K/c11-3-1-4-7(10(14)8(3)12)9(13)5(15-4)2-6(16)17;/h1,15H,2H2,(H,16,17);/q;+1/p-1. The van der Waals surface area contributed by atoms with Crippen LogP contribution in [0.3, 0.4) is 0 Å². The zero-order valence-electron chi connectivity index (χ0n) is 9.11. The molecule has 90 valence electrons. The van der Waals surface area contributed by atoms with Crippen molar-refractivity contribution in [3.63, 3.8) is 0 Å². The van der Waals surface area contributed by atoms with Gasteiger partial charge < -0.3 is 14.9 Å². The van der Waals surface area contributed by atoms with Crippen molar-refractivity contribution in [2.45, 2.75) is 6.42 Å². The molecule has 0 bridgehead atoms. The van der Waals surface area contributed by atoms with Crippen LogP contribution in [0.5, 0.6) is 0 Å². The number of hydrogen-bond acceptors (Lipinski definition) is 2. The van der Waals surface area contributed by atoms with Gasteiger partial charge in [0.05, 0.1) is 25.6 Å². The molecule has 8 heteroatoms. The fourth-order valence-corrected chi connectivity index (χ4v) is 2.60. The molecular weight excluding hydrogens is 347 g/mol. The Morgan fingerprint density at radius 1 is 1.17 bits per heavy atom. The Balaban J connectivity index is 0.00000162. The maximum absolute atomic E-state index is 10.5. The Morgan fingerprint density at radius 3 is 2.33 bits per heavy atom. The number of carboxylic acid groups (broad SMARTS) is 1. The summed E-state index contributed by atoms with van der Waals surface area (Å²) in [7, 11) is 0. The Kier molecular flexibility index (Phi) is 6.31. The maximum atomic E-state index is 10.5. The van der Waals surface area contributed by atoms with E-state index < -0.39 is 5.97 Å². The quantitative estimate of drug-likeness (QED) is 0.616. The third-order valence-corrected chi connectivity index (χ3v) is 3.93. The molecule has 0 aliphatic rings. The number of carbonyl (C=O) groups is 1. The summed E-state index contributed by atoms with van der Waals surface area (Å²) in [5.74, 6) is -1.24. The van der Waals surface area contributed by atoms with Gasteiger partial charge in [-0.3, -0.25) is 0 Å². The molecule has 0 spiro atoms. The zero-order valence-corrected chi connectivity index (χ0v) is 15.3. The first kappa shape index (κ1) is 17.1. The first-order valence-corrected chi connectivity index (χ1v) is 5.96. The van der Waals surface area contributed by atoms with Crippen LogP contribution in [0.15, 0.2) is 6.07 Å². The summed E-state index contributed by atoms with van der Waals surface area (Å²) in [6.45, 7) is 0. The molecule has 1 aromatic heterocycles. The second-order valence-electron chi connectivity index (χ2n) is 3.38. The van der Waals surface area contributed by atoms with Gasteiger partial charge in [-0.25, -0.2) is 0 Å². The number of aromatic amines is 1. The number of H-pyrrole nitrogens is 1. The van der Waals surface area contributed by atoms with Crippen molar-refractivity contribution >= 4 is 63.3 Å². The molecule has 0 aliphatic heterocycles. The monoisotopic (exact) mass is 349 g/mol. The van der Waals surface area contributed by atoms with Crippen LogP contribution < -0.4 is 56.5 Å². The van der Waals surface area contributed by atoms with E-state index in [4.69, 9.17) is 46.4 Å². The van der Waals surface area contributed by atoms with Gasteiger partial charge in [0, 0.05) is 23.5 Å². The van der Waals surface area contributed by atoms with Crippen LogP contribution in [0.2, 0.25) is 20.1 Å². The summed E-state index contributed by atoms with van der Waals surface area (Å²) < 4.78 is 0. The van der Waals surface area contributed by atoms with Gasteiger partial charge in [-0.05, 0) is 6.07 Å². The van der Waals surface area contributed by atoms with E-state index in [0.717, 1.165) is 0 Å². The average molecular weight is 351 g/mol. The summed E-state index contributed by atoms with van der Waals surface area (Å²) in [5.41, 5.74) is 0.840. The van der Waals surface area contributed by atoms with E-state index in [-0.39, 0.29) is 77.9 Å². The summed E-state index contributed by atoms with van der Waals surface area (Å²) in [6, 6.07) is 1.54. The van der Waals surface area contributed by atoms with Crippen molar-refractivity contribution in [1.82, 2.24) is 4.98 Å². The van der Waals surface area contributed by atoms with E-state index in [1.54, 1.807) is 0 Å². The van der Waals surface area contributed by atoms with Crippen LogP contribution in [0.1, 0.15) is 5.69 Å². The number of halogens is 4. The molecule has 0 aliphatic carbocycles. The summed E-state index contributed by atoms with van der Waals surface area (Å²) in [4.78, 5) is 13.4. The minimum atomic E-state index is -1.24. The Morgan fingerprint density at radius 2 is 1.78 bits per heavy atom. The van der Waals surface area contributed by atoms with Gasteiger partial charge in [0.15, 0.2) is 0 Å². The number of aliphatic carboxylic acids is 1. The predicted molar refractivity (Wildman–Crippen MR) is 67.0 cm³/mol. The Hall–Kier alpha value is 1.03. The van der Waals surface area contributed by atoms with Gasteiger partial charge >= 0.3 is 51.4 Å². The molecule has 0 radical (unpaired) electrons. The molecule has 0 amide bonds. The molecule has 1 heterocycles. The molecular formula is C10H4Cl4KNO2. The largest absolute Gasteiger partial charge is 1.00 e. The van der Waals surface area contributed by atoms with Gasteiger partial charge in [-0.1, -0.05) is 46.4 Å². The van der Waals surface area contributed by atoms with Crippen LogP contribution in [-0.2, 0) is 11.2 Å². The maximum Gasteiger partial charge on any atom is 1.00 e. The minimum absolute atomic E-state index is 0. The van der Waals surface area contributed by atoms with Crippen molar-refractivity contribution in [2.75, 3.05) is 0 Å². The first-order chi connectivity index (χ1) is 7.91. The van der Waals surface area contributed by atoms with E-state index in [1.807, 2.05) is 0 Å². The van der Waals surface area contributed by atoms with Crippen LogP contribution >= 0.6 is 46.4 Å². The fraction of sp³-hybridized carbons (Fsp3) is 0.100. The molecule has 2 rings (SSSR count). The van der Waals surface area contributed by atoms with Crippen molar-refractivity contribution < 1.29 is 61.3 Å². The molecule has 2 aromatic rings. The molecule has 3 nitrogen and oxygen atoms in total.